The summed E-state index contributed by atoms with van der Waals surface area (Å²) in [7, 11) is 0. The van der Waals surface area contributed by atoms with Crippen molar-refractivity contribution in [2.24, 2.45) is 0 Å². The fourth-order valence-corrected chi connectivity index (χ4v) is 1.52. The molecule has 0 amide bonds. The average Bonchev–Trinajstić information content (AvgIpc) is 2.48. The summed E-state index contributed by atoms with van der Waals surface area (Å²) in [6.45, 7) is 1.58. The lowest BCUT2D eigenvalue weighted by molar-refractivity contribution is 0.00280. The van der Waals surface area contributed by atoms with Crippen molar-refractivity contribution in [2.75, 3.05) is 39.6 Å². The number of esters is 2. The summed E-state index contributed by atoms with van der Waals surface area (Å²) in [4.78, 5) is 27.3. The summed E-state index contributed by atoms with van der Waals surface area (Å²) in [6.07, 6.45) is 0. The zero-order chi connectivity index (χ0) is 14.2. The summed E-state index contributed by atoms with van der Waals surface area (Å²) < 4.78 is 20.4. The first-order chi connectivity index (χ1) is 9.77. The molecule has 1 aromatic heterocycles. The van der Waals surface area contributed by atoms with Gasteiger partial charge in [0.25, 0.3) is 0 Å². The maximum atomic E-state index is 11.7. The molecule has 2 bridgehead atoms. The second kappa shape index (κ2) is 7.56. The third-order valence-corrected chi connectivity index (χ3v) is 2.46. The molecule has 2 heterocycles. The molecule has 0 radical (unpaired) electrons. The van der Waals surface area contributed by atoms with E-state index in [9.17, 15) is 9.59 Å². The van der Waals surface area contributed by atoms with Crippen molar-refractivity contribution in [2.45, 2.75) is 0 Å². The minimum atomic E-state index is -0.602. The number of rotatable bonds is 0. The second-order valence-electron chi connectivity index (χ2n) is 3.90. The van der Waals surface area contributed by atoms with E-state index in [0.29, 0.717) is 13.2 Å². The van der Waals surface area contributed by atoms with E-state index in [0.717, 1.165) is 0 Å². The van der Waals surface area contributed by atoms with Gasteiger partial charge in [-0.2, -0.15) is 0 Å². The lowest BCUT2D eigenvalue weighted by atomic mass is 10.3. The van der Waals surface area contributed by atoms with Crippen molar-refractivity contribution < 1.29 is 28.5 Å². The van der Waals surface area contributed by atoms with E-state index in [1.165, 1.54) is 12.1 Å². The molecule has 0 atom stereocenters. The van der Waals surface area contributed by atoms with Gasteiger partial charge in [0.2, 0.25) is 0 Å². The highest BCUT2D eigenvalue weighted by atomic mass is 16.6. The van der Waals surface area contributed by atoms with E-state index in [4.69, 9.17) is 18.9 Å². The number of aromatic nitrogens is 1. The number of carbonyl (C=O) groups excluding carboxylic acids is 2. The summed E-state index contributed by atoms with van der Waals surface area (Å²) in [5.74, 6) is -1.20. The van der Waals surface area contributed by atoms with E-state index in [1.807, 2.05) is 0 Å². The van der Waals surface area contributed by atoms with E-state index in [2.05, 4.69) is 4.98 Å². The van der Waals surface area contributed by atoms with Crippen LogP contribution in [0.15, 0.2) is 18.2 Å². The molecule has 0 saturated carbocycles. The molecule has 0 aromatic carbocycles. The summed E-state index contributed by atoms with van der Waals surface area (Å²) in [5, 5.41) is 0. The van der Waals surface area contributed by atoms with E-state index >= 15 is 0 Å². The zero-order valence-corrected chi connectivity index (χ0v) is 10.9. The van der Waals surface area contributed by atoms with Crippen molar-refractivity contribution in [1.82, 2.24) is 4.98 Å². The van der Waals surface area contributed by atoms with Gasteiger partial charge in [-0.15, -0.1) is 0 Å². The molecule has 7 heteroatoms. The van der Waals surface area contributed by atoms with Gasteiger partial charge < -0.3 is 18.9 Å². The van der Waals surface area contributed by atoms with Crippen LogP contribution in [-0.2, 0) is 18.9 Å². The van der Waals surface area contributed by atoms with Crippen LogP contribution < -0.4 is 0 Å². The highest BCUT2D eigenvalue weighted by Gasteiger charge is 2.14. The van der Waals surface area contributed by atoms with Crippen molar-refractivity contribution >= 4 is 11.9 Å². The number of fused-ring (bicyclic) bond motifs is 2. The monoisotopic (exact) mass is 281 g/mol. The van der Waals surface area contributed by atoms with Crippen molar-refractivity contribution in [3.05, 3.63) is 29.6 Å². The Labute approximate surface area is 115 Å². The Bertz CT molecular complexity index is 436. The molecule has 0 unspecified atom stereocenters. The molecule has 1 aromatic rings. The predicted octanol–water partition coefficient (Wildman–Crippen LogP) is 0.442. The molecule has 0 fully saturated rings. The summed E-state index contributed by atoms with van der Waals surface area (Å²) in [5.41, 5.74) is 0.121. The molecule has 1 aliphatic heterocycles. The van der Waals surface area contributed by atoms with Crippen molar-refractivity contribution in [3.63, 3.8) is 0 Å². The van der Waals surface area contributed by atoms with Crippen LogP contribution in [0.25, 0.3) is 0 Å². The van der Waals surface area contributed by atoms with Crippen molar-refractivity contribution in [1.29, 1.82) is 0 Å². The number of nitrogens with zero attached hydrogens (tertiary/aromatic N) is 1. The molecular formula is C13H15NO6. The number of carbonyl (C=O) groups is 2. The number of hydrogen-bond acceptors (Lipinski definition) is 7. The minimum absolute atomic E-state index is 0.0607. The van der Waals surface area contributed by atoms with Gasteiger partial charge in [0.1, 0.15) is 24.6 Å². The summed E-state index contributed by atoms with van der Waals surface area (Å²) in [6, 6.07) is 4.49. The van der Waals surface area contributed by atoms with Crippen LogP contribution in [0, 0.1) is 0 Å². The van der Waals surface area contributed by atoms with Gasteiger partial charge in [-0.25, -0.2) is 14.6 Å². The predicted molar refractivity (Wildman–Crippen MR) is 66.4 cm³/mol. The lowest BCUT2D eigenvalue weighted by Crippen LogP contribution is -2.15. The zero-order valence-electron chi connectivity index (χ0n) is 10.9. The lowest BCUT2D eigenvalue weighted by Gasteiger charge is -2.05. The topological polar surface area (TPSA) is 84.0 Å². The molecule has 108 valence electrons. The van der Waals surface area contributed by atoms with Crippen molar-refractivity contribution in [3.8, 4) is 0 Å². The molecule has 0 N–H and O–H groups in total. The van der Waals surface area contributed by atoms with Crippen LogP contribution >= 0.6 is 0 Å². The van der Waals surface area contributed by atoms with Gasteiger partial charge in [-0.1, -0.05) is 6.07 Å². The maximum Gasteiger partial charge on any atom is 0.357 e. The number of pyridine rings is 1. The molecule has 1 aliphatic rings. The first kappa shape index (κ1) is 14.4. The Kier molecular flexibility index (Phi) is 5.45. The molecule has 2 rings (SSSR count). The summed E-state index contributed by atoms with van der Waals surface area (Å²) >= 11 is 0. The van der Waals surface area contributed by atoms with Gasteiger partial charge in [0.15, 0.2) is 0 Å². The number of hydrogen-bond donors (Lipinski definition) is 0. The van der Waals surface area contributed by atoms with Gasteiger partial charge in [0.05, 0.1) is 26.4 Å². The van der Waals surface area contributed by atoms with Crippen LogP contribution in [0.3, 0.4) is 0 Å². The Hall–Kier alpha value is -1.99. The van der Waals surface area contributed by atoms with E-state index in [-0.39, 0.29) is 37.8 Å². The normalized spacial score (nSPS) is 18.4. The third-order valence-electron chi connectivity index (χ3n) is 2.46. The van der Waals surface area contributed by atoms with Gasteiger partial charge in [-0.05, 0) is 12.1 Å². The second-order valence-corrected chi connectivity index (χ2v) is 3.90. The third kappa shape index (κ3) is 4.29. The highest BCUT2D eigenvalue weighted by Crippen LogP contribution is 2.04. The van der Waals surface area contributed by atoms with Gasteiger partial charge in [0, 0.05) is 0 Å². The fourth-order valence-electron chi connectivity index (χ4n) is 1.52. The number of cyclic esters (lactones) is 2. The molecule has 0 spiro atoms. The largest absolute Gasteiger partial charge is 0.459 e. The molecule has 0 aliphatic carbocycles. The quantitative estimate of drug-likeness (QED) is 0.638. The van der Waals surface area contributed by atoms with Crippen LogP contribution in [-0.4, -0.2) is 56.6 Å². The average molecular weight is 281 g/mol. The standard InChI is InChI=1S/C13H15NO6/c15-12-10-2-1-3-11(14-10)13(16)20-9-7-18-5-4-17-6-8-19-12/h1-3H,4-9H2. The molecule has 20 heavy (non-hydrogen) atoms. The van der Waals surface area contributed by atoms with Gasteiger partial charge >= 0.3 is 11.9 Å². The first-order valence-corrected chi connectivity index (χ1v) is 6.24. The van der Waals surface area contributed by atoms with Crippen LogP contribution in [0.2, 0.25) is 0 Å². The smallest absolute Gasteiger partial charge is 0.357 e. The Morgan fingerprint density at radius 1 is 0.750 bits per heavy atom. The van der Waals surface area contributed by atoms with E-state index in [1.54, 1.807) is 6.07 Å². The molecule has 0 saturated heterocycles. The minimum Gasteiger partial charge on any atom is -0.459 e. The van der Waals surface area contributed by atoms with Crippen LogP contribution in [0.1, 0.15) is 21.0 Å². The van der Waals surface area contributed by atoms with Gasteiger partial charge in [-0.3, -0.25) is 0 Å². The van der Waals surface area contributed by atoms with Crippen LogP contribution in [0.5, 0.6) is 0 Å². The maximum absolute atomic E-state index is 11.7. The number of ether oxygens (including phenoxy) is 4. The van der Waals surface area contributed by atoms with Crippen LogP contribution in [0.4, 0.5) is 0 Å². The molecule has 7 nitrogen and oxygen atoms in total. The molecular weight excluding hydrogens is 266 g/mol. The Morgan fingerprint density at radius 3 is 1.70 bits per heavy atom. The first-order valence-electron chi connectivity index (χ1n) is 6.24. The fraction of sp³-hybridized carbons (Fsp3) is 0.462. The SMILES string of the molecule is O=C1OCCOCCOCCOC(=O)c2cccc1n2. The highest BCUT2D eigenvalue weighted by molar-refractivity contribution is 5.91. The Balaban J connectivity index is 2.07. The Morgan fingerprint density at radius 2 is 1.20 bits per heavy atom. The van der Waals surface area contributed by atoms with E-state index < -0.39 is 11.9 Å².